The molecule has 0 atom stereocenters. The third-order valence-electron chi connectivity index (χ3n) is 3.85. The largest absolute Gasteiger partial charge is 0.454 e. The zero-order chi connectivity index (χ0) is 17.4. The summed E-state index contributed by atoms with van der Waals surface area (Å²) in [5.74, 6) is -1.33. The number of carbonyl (C=O) groups excluding carboxylic acids is 3. The van der Waals surface area contributed by atoms with Gasteiger partial charge >= 0.3 is 5.97 Å². The van der Waals surface area contributed by atoms with Gasteiger partial charge in [-0.05, 0) is 40.9 Å². The van der Waals surface area contributed by atoms with Gasteiger partial charge in [-0.25, -0.2) is 0 Å². The van der Waals surface area contributed by atoms with E-state index in [9.17, 15) is 14.4 Å². The van der Waals surface area contributed by atoms with E-state index in [1.165, 1.54) is 6.42 Å². The first kappa shape index (κ1) is 18.4. The number of hydrogen-bond acceptors (Lipinski definition) is 4. The predicted octanol–water partition coefficient (Wildman–Crippen LogP) is 2.17. The summed E-state index contributed by atoms with van der Waals surface area (Å²) < 4.78 is 5.53. The van der Waals surface area contributed by atoms with Crippen LogP contribution >= 0.6 is 15.9 Å². The molecule has 1 aliphatic carbocycles. The van der Waals surface area contributed by atoms with Crippen LogP contribution in [0.15, 0.2) is 28.7 Å². The quantitative estimate of drug-likeness (QED) is 0.721. The summed E-state index contributed by atoms with van der Waals surface area (Å²) in [5.41, 5.74) is 0.431. The number of benzene rings is 1. The van der Waals surface area contributed by atoms with Gasteiger partial charge < -0.3 is 15.4 Å². The average Bonchev–Trinajstić information content (AvgIpc) is 2.59. The number of carbonyl (C=O) groups is 3. The van der Waals surface area contributed by atoms with Crippen molar-refractivity contribution in [2.45, 2.75) is 38.1 Å². The Morgan fingerprint density at radius 2 is 1.83 bits per heavy atom. The van der Waals surface area contributed by atoms with Crippen LogP contribution in [0, 0.1) is 0 Å². The number of halogens is 1. The molecule has 0 spiro atoms. The Hall–Kier alpha value is -1.89. The zero-order valence-corrected chi connectivity index (χ0v) is 14.9. The van der Waals surface area contributed by atoms with Crippen LogP contribution < -0.4 is 10.6 Å². The Balaban J connectivity index is 1.66. The van der Waals surface area contributed by atoms with Crippen molar-refractivity contribution in [1.29, 1.82) is 0 Å². The van der Waals surface area contributed by atoms with E-state index in [-0.39, 0.29) is 31.0 Å². The van der Waals surface area contributed by atoms with E-state index in [4.69, 9.17) is 4.74 Å². The Bertz CT molecular complexity index is 600. The molecule has 0 heterocycles. The standard InChI is InChI=1S/C17H21BrN2O4/c18-14-9-5-4-8-13(14)17(23)19-10-16(22)24-11-15(21)20-12-6-2-1-3-7-12/h4-5,8-9,12H,1-3,6-7,10-11H2,(H,19,23)(H,20,21). The van der Waals surface area contributed by atoms with Gasteiger partial charge in [0.1, 0.15) is 6.54 Å². The number of nitrogens with one attached hydrogen (secondary N) is 2. The van der Waals surface area contributed by atoms with Gasteiger partial charge in [-0.1, -0.05) is 31.4 Å². The fraction of sp³-hybridized carbons (Fsp3) is 0.471. The van der Waals surface area contributed by atoms with Crippen molar-refractivity contribution < 1.29 is 19.1 Å². The van der Waals surface area contributed by atoms with Gasteiger partial charge in [-0.2, -0.15) is 0 Å². The van der Waals surface area contributed by atoms with Gasteiger partial charge in [0, 0.05) is 10.5 Å². The summed E-state index contributed by atoms with van der Waals surface area (Å²) in [5, 5.41) is 5.33. The molecule has 1 fully saturated rings. The number of rotatable bonds is 6. The Labute approximate surface area is 149 Å². The predicted molar refractivity (Wildman–Crippen MR) is 92.4 cm³/mol. The molecule has 2 amide bonds. The molecular formula is C17H21BrN2O4. The van der Waals surface area contributed by atoms with Crippen LogP contribution in [-0.2, 0) is 14.3 Å². The van der Waals surface area contributed by atoms with Crippen molar-refractivity contribution in [2.24, 2.45) is 0 Å². The van der Waals surface area contributed by atoms with Crippen molar-refractivity contribution in [3.63, 3.8) is 0 Å². The van der Waals surface area contributed by atoms with Crippen LogP contribution in [0.2, 0.25) is 0 Å². The number of amides is 2. The van der Waals surface area contributed by atoms with Crippen LogP contribution in [0.5, 0.6) is 0 Å². The van der Waals surface area contributed by atoms with Crippen LogP contribution in [0.3, 0.4) is 0 Å². The highest BCUT2D eigenvalue weighted by atomic mass is 79.9. The van der Waals surface area contributed by atoms with Crippen molar-refractivity contribution in [1.82, 2.24) is 10.6 Å². The van der Waals surface area contributed by atoms with Crippen molar-refractivity contribution in [2.75, 3.05) is 13.2 Å². The summed E-state index contributed by atoms with van der Waals surface area (Å²) in [7, 11) is 0. The molecule has 2 N–H and O–H groups in total. The highest BCUT2D eigenvalue weighted by molar-refractivity contribution is 9.10. The van der Waals surface area contributed by atoms with Gasteiger partial charge in [0.15, 0.2) is 6.61 Å². The van der Waals surface area contributed by atoms with Crippen LogP contribution in [-0.4, -0.2) is 37.0 Å². The highest BCUT2D eigenvalue weighted by Gasteiger charge is 2.17. The Kier molecular flexibility index (Phi) is 7.24. The second kappa shape index (κ2) is 9.42. The molecule has 1 aliphatic rings. The second-order valence-corrected chi connectivity index (χ2v) is 6.58. The van der Waals surface area contributed by atoms with Crippen molar-refractivity contribution >= 4 is 33.7 Å². The molecule has 1 saturated carbocycles. The van der Waals surface area contributed by atoms with Gasteiger partial charge in [0.2, 0.25) is 0 Å². The zero-order valence-electron chi connectivity index (χ0n) is 13.3. The maximum atomic E-state index is 11.9. The molecule has 1 aromatic carbocycles. The van der Waals surface area contributed by atoms with Crippen molar-refractivity contribution in [3.05, 3.63) is 34.3 Å². The lowest BCUT2D eigenvalue weighted by Gasteiger charge is -2.22. The summed E-state index contributed by atoms with van der Waals surface area (Å²) in [6.45, 7) is -0.600. The lowest BCUT2D eigenvalue weighted by Crippen LogP contribution is -2.39. The molecule has 0 unspecified atom stereocenters. The van der Waals surface area contributed by atoms with Crippen LogP contribution in [0.1, 0.15) is 42.5 Å². The molecule has 0 bridgehead atoms. The lowest BCUT2D eigenvalue weighted by atomic mass is 9.95. The van der Waals surface area contributed by atoms with Gasteiger partial charge in [-0.15, -0.1) is 0 Å². The molecule has 6 nitrogen and oxygen atoms in total. The Morgan fingerprint density at radius 3 is 2.54 bits per heavy atom. The molecule has 1 aromatic rings. The van der Waals surface area contributed by atoms with E-state index in [1.807, 2.05) is 0 Å². The number of hydrogen-bond donors (Lipinski definition) is 2. The molecule has 0 aliphatic heterocycles. The van der Waals surface area contributed by atoms with Gasteiger partial charge in [-0.3, -0.25) is 14.4 Å². The number of ether oxygens (including phenoxy) is 1. The van der Waals surface area contributed by atoms with Gasteiger partial charge in [0.25, 0.3) is 11.8 Å². The van der Waals surface area contributed by atoms with E-state index < -0.39 is 5.97 Å². The normalized spacial score (nSPS) is 14.7. The lowest BCUT2D eigenvalue weighted by molar-refractivity contribution is -0.147. The summed E-state index contributed by atoms with van der Waals surface area (Å²) >= 11 is 3.27. The SMILES string of the molecule is O=C(COC(=O)CNC(=O)c1ccccc1Br)NC1CCCCC1. The van der Waals surface area contributed by atoms with Crippen LogP contribution in [0.25, 0.3) is 0 Å². The fourth-order valence-corrected chi connectivity index (χ4v) is 3.07. The maximum Gasteiger partial charge on any atom is 0.325 e. The molecule has 24 heavy (non-hydrogen) atoms. The van der Waals surface area contributed by atoms with E-state index in [0.29, 0.717) is 10.0 Å². The topological polar surface area (TPSA) is 84.5 Å². The minimum Gasteiger partial charge on any atom is -0.454 e. The van der Waals surface area contributed by atoms with E-state index >= 15 is 0 Å². The first-order valence-electron chi connectivity index (χ1n) is 8.04. The first-order chi connectivity index (χ1) is 11.6. The monoisotopic (exact) mass is 396 g/mol. The molecule has 130 valence electrons. The minimum absolute atomic E-state index is 0.181. The first-order valence-corrected chi connectivity index (χ1v) is 8.83. The molecule has 0 saturated heterocycles. The summed E-state index contributed by atoms with van der Waals surface area (Å²) in [4.78, 5) is 35.3. The minimum atomic E-state index is -0.644. The van der Waals surface area contributed by atoms with E-state index in [0.717, 1.165) is 25.7 Å². The Morgan fingerprint density at radius 1 is 1.12 bits per heavy atom. The molecule has 0 radical (unpaired) electrons. The smallest absolute Gasteiger partial charge is 0.325 e. The number of esters is 1. The third kappa shape index (κ3) is 5.96. The molecule has 0 aromatic heterocycles. The van der Waals surface area contributed by atoms with E-state index in [1.54, 1.807) is 24.3 Å². The average molecular weight is 397 g/mol. The molecule has 7 heteroatoms. The van der Waals surface area contributed by atoms with Crippen molar-refractivity contribution in [3.8, 4) is 0 Å². The summed E-state index contributed by atoms with van der Waals surface area (Å²) in [6.07, 6.45) is 5.39. The fourth-order valence-electron chi connectivity index (χ4n) is 2.61. The van der Waals surface area contributed by atoms with Crippen LogP contribution in [0.4, 0.5) is 0 Å². The maximum absolute atomic E-state index is 11.9. The summed E-state index contributed by atoms with van der Waals surface area (Å²) in [6, 6.07) is 7.08. The third-order valence-corrected chi connectivity index (χ3v) is 4.54. The highest BCUT2D eigenvalue weighted by Crippen LogP contribution is 2.17. The van der Waals surface area contributed by atoms with E-state index in [2.05, 4.69) is 26.6 Å². The van der Waals surface area contributed by atoms with Gasteiger partial charge in [0.05, 0.1) is 5.56 Å². The molecular weight excluding hydrogens is 376 g/mol. The molecule has 2 rings (SSSR count). The second-order valence-electron chi connectivity index (χ2n) is 5.73.